The van der Waals surface area contributed by atoms with Crippen molar-refractivity contribution in [1.82, 2.24) is 25.2 Å². The molecule has 1 aromatic carbocycles. The number of carbonyl (C=O) groups excluding carboxylic acids is 2. The van der Waals surface area contributed by atoms with Crippen molar-refractivity contribution in [2.24, 2.45) is 0 Å². The molecule has 2 aliphatic rings. The fourth-order valence-corrected chi connectivity index (χ4v) is 4.34. The molecule has 0 unspecified atom stereocenters. The number of benzene rings is 1. The van der Waals surface area contributed by atoms with E-state index in [1.807, 2.05) is 27.8 Å². The third-order valence-corrected chi connectivity index (χ3v) is 6.20. The lowest BCUT2D eigenvalue weighted by Gasteiger charge is -2.28. The van der Waals surface area contributed by atoms with Gasteiger partial charge in [-0.05, 0) is 56.2 Å². The van der Waals surface area contributed by atoms with E-state index in [2.05, 4.69) is 15.6 Å². The van der Waals surface area contributed by atoms with E-state index in [0.717, 1.165) is 57.2 Å². The zero-order chi connectivity index (χ0) is 20.9. The topological polar surface area (TPSA) is 80.1 Å². The van der Waals surface area contributed by atoms with Crippen LogP contribution in [0.5, 0.6) is 0 Å². The van der Waals surface area contributed by atoms with E-state index in [4.69, 9.17) is 11.6 Å². The highest BCUT2D eigenvalue weighted by atomic mass is 35.5. The smallest absolute Gasteiger partial charge is 0.276 e. The average molecular weight is 428 g/mol. The Bertz CT molecular complexity index is 927. The minimum absolute atomic E-state index is 0.0231. The summed E-state index contributed by atoms with van der Waals surface area (Å²) in [5.41, 5.74) is 1.25. The Morgan fingerprint density at radius 2 is 1.83 bits per heavy atom. The number of aromatic nitrogens is 3. The Balaban J connectivity index is 1.26. The van der Waals surface area contributed by atoms with Gasteiger partial charge in [0, 0.05) is 30.2 Å². The van der Waals surface area contributed by atoms with Crippen LogP contribution in [0.3, 0.4) is 0 Å². The molecule has 0 atom stereocenters. The van der Waals surface area contributed by atoms with Crippen LogP contribution < -0.4 is 5.32 Å². The van der Waals surface area contributed by atoms with Crippen molar-refractivity contribution in [3.8, 4) is 0 Å². The molecular formula is C22H26ClN5O2. The molecule has 1 N–H and O–H groups in total. The first-order valence-electron chi connectivity index (χ1n) is 10.5. The van der Waals surface area contributed by atoms with Gasteiger partial charge in [-0.1, -0.05) is 35.0 Å². The number of nitrogens with one attached hydrogen (secondary N) is 1. The summed E-state index contributed by atoms with van der Waals surface area (Å²) in [7, 11) is 0. The molecule has 0 spiro atoms. The Kier molecular flexibility index (Phi) is 6.47. The lowest BCUT2D eigenvalue weighted by Crippen LogP contribution is -2.37. The molecule has 0 radical (unpaired) electrons. The van der Waals surface area contributed by atoms with Crippen LogP contribution in [0.1, 0.15) is 60.6 Å². The van der Waals surface area contributed by atoms with Crippen molar-refractivity contribution in [2.45, 2.75) is 50.6 Å². The normalized spacial score (nSPS) is 21.8. The quantitative estimate of drug-likeness (QED) is 0.741. The highest BCUT2D eigenvalue weighted by Gasteiger charge is 2.26. The minimum Gasteiger partial charge on any atom is -0.350 e. The molecule has 2 aromatic rings. The number of likely N-dealkylation sites (tertiary alicyclic amines) is 1. The number of halogens is 1. The van der Waals surface area contributed by atoms with E-state index < -0.39 is 0 Å². The van der Waals surface area contributed by atoms with Crippen molar-refractivity contribution in [3.05, 3.63) is 52.8 Å². The first-order valence-corrected chi connectivity index (χ1v) is 10.9. The number of nitrogens with zero attached hydrogens (tertiary/aromatic N) is 4. The standard InChI is InChI=1S/C22H26ClN5O2/c23-19-6-2-1-5-16(19)7-12-21(29)24-17-8-10-18(11-9-17)28-15-20(25-26-28)22(30)27-13-3-4-14-27/h1-2,5-7,12,15,17-18H,3-4,8-11,13-14H2,(H,24,29). The van der Waals surface area contributed by atoms with Gasteiger partial charge in [-0.25, -0.2) is 4.68 Å². The zero-order valence-electron chi connectivity index (χ0n) is 16.8. The predicted octanol–water partition coefficient (Wildman–Crippen LogP) is 3.48. The van der Waals surface area contributed by atoms with E-state index in [1.54, 1.807) is 18.3 Å². The van der Waals surface area contributed by atoms with Gasteiger partial charge >= 0.3 is 0 Å². The van der Waals surface area contributed by atoms with Gasteiger partial charge in [-0.2, -0.15) is 0 Å². The summed E-state index contributed by atoms with van der Waals surface area (Å²) < 4.78 is 1.82. The first-order chi connectivity index (χ1) is 14.6. The van der Waals surface area contributed by atoms with E-state index in [1.165, 1.54) is 6.08 Å². The van der Waals surface area contributed by atoms with E-state index >= 15 is 0 Å². The fourth-order valence-electron chi connectivity index (χ4n) is 4.15. The molecule has 2 amide bonds. The highest BCUT2D eigenvalue weighted by Crippen LogP contribution is 2.28. The molecule has 1 saturated heterocycles. The zero-order valence-corrected chi connectivity index (χ0v) is 17.6. The highest BCUT2D eigenvalue weighted by molar-refractivity contribution is 6.32. The number of hydrogen-bond donors (Lipinski definition) is 1. The summed E-state index contributed by atoms with van der Waals surface area (Å²) in [6.07, 6.45) is 10.7. The first kappa shape index (κ1) is 20.6. The van der Waals surface area contributed by atoms with Crippen LogP contribution in [-0.2, 0) is 4.79 Å². The van der Waals surface area contributed by atoms with E-state index in [0.29, 0.717) is 10.7 Å². The van der Waals surface area contributed by atoms with Crippen LogP contribution in [0, 0.1) is 0 Å². The number of hydrogen-bond acceptors (Lipinski definition) is 4. The molecule has 1 aliphatic carbocycles. The summed E-state index contributed by atoms with van der Waals surface area (Å²) in [5.74, 6) is -0.136. The maximum atomic E-state index is 12.4. The van der Waals surface area contributed by atoms with Crippen LogP contribution in [0.15, 0.2) is 36.5 Å². The number of amides is 2. The molecule has 30 heavy (non-hydrogen) atoms. The summed E-state index contributed by atoms with van der Waals surface area (Å²) >= 11 is 6.11. The van der Waals surface area contributed by atoms with Gasteiger partial charge in [0.15, 0.2) is 5.69 Å². The molecule has 8 heteroatoms. The molecular weight excluding hydrogens is 402 g/mol. The molecule has 2 heterocycles. The summed E-state index contributed by atoms with van der Waals surface area (Å²) in [4.78, 5) is 26.5. The van der Waals surface area contributed by atoms with Crippen LogP contribution in [-0.4, -0.2) is 50.8 Å². The Labute approximate surface area is 181 Å². The van der Waals surface area contributed by atoms with Crippen LogP contribution in [0.2, 0.25) is 5.02 Å². The second kappa shape index (κ2) is 9.43. The van der Waals surface area contributed by atoms with Crippen molar-refractivity contribution in [2.75, 3.05) is 13.1 Å². The van der Waals surface area contributed by atoms with Crippen LogP contribution in [0.25, 0.3) is 6.08 Å². The monoisotopic (exact) mass is 427 g/mol. The molecule has 2 fully saturated rings. The average Bonchev–Trinajstić information content (AvgIpc) is 3.46. The van der Waals surface area contributed by atoms with Gasteiger partial charge in [0.1, 0.15) is 0 Å². The van der Waals surface area contributed by atoms with Gasteiger partial charge in [-0.3, -0.25) is 9.59 Å². The second-order valence-electron chi connectivity index (χ2n) is 7.95. The minimum atomic E-state index is -0.113. The Morgan fingerprint density at radius 3 is 2.57 bits per heavy atom. The summed E-state index contributed by atoms with van der Waals surface area (Å²) in [6, 6.07) is 7.77. The molecule has 158 valence electrons. The lowest BCUT2D eigenvalue weighted by molar-refractivity contribution is -0.117. The maximum absolute atomic E-state index is 12.4. The number of carbonyl (C=O) groups is 2. The van der Waals surface area contributed by atoms with Crippen molar-refractivity contribution in [1.29, 1.82) is 0 Å². The molecule has 1 aromatic heterocycles. The lowest BCUT2D eigenvalue weighted by atomic mass is 9.91. The van der Waals surface area contributed by atoms with Gasteiger partial charge in [0.05, 0.1) is 12.2 Å². The van der Waals surface area contributed by atoms with Crippen LogP contribution in [0.4, 0.5) is 0 Å². The fraction of sp³-hybridized carbons (Fsp3) is 0.455. The van der Waals surface area contributed by atoms with E-state index in [9.17, 15) is 9.59 Å². The second-order valence-corrected chi connectivity index (χ2v) is 8.36. The predicted molar refractivity (Wildman–Crippen MR) is 115 cm³/mol. The third kappa shape index (κ3) is 4.90. The maximum Gasteiger partial charge on any atom is 0.276 e. The van der Waals surface area contributed by atoms with Gasteiger partial charge < -0.3 is 10.2 Å². The Morgan fingerprint density at radius 1 is 1.10 bits per heavy atom. The Hall–Kier alpha value is -2.67. The SMILES string of the molecule is O=C(C=Cc1ccccc1Cl)NC1CCC(n2cc(C(=O)N3CCCC3)nn2)CC1. The molecule has 1 saturated carbocycles. The third-order valence-electron chi connectivity index (χ3n) is 5.86. The number of rotatable bonds is 5. The summed E-state index contributed by atoms with van der Waals surface area (Å²) in [5, 5.41) is 12.0. The van der Waals surface area contributed by atoms with Crippen molar-refractivity contribution in [3.63, 3.8) is 0 Å². The molecule has 4 rings (SSSR count). The van der Waals surface area contributed by atoms with Crippen LogP contribution >= 0.6 is 11.6 Å². The molecule has 7 nitrogen and oxygen atoms in total. The van der Waals surface area contributed by atoms with Gasteiger partial charge in [-0.15, -0.1) is 5.10 Å². The van der Waals surface area contributed by atoms with Crippen molar-refractivity contribution < 1.29 is 9.59 Å². The van der Waals surface area contributed by atoms with Gasteiger partial charge in [0.2, 0.25) is 5.91 Å². The molecule has 0 bridgehead atoms. The van der Waals surface area contributed by atoms with Gasteiger partial charge in [0.25, 0.3) is 5.91 Å². The largest absolute Gasteiger partial charge is 0.350 e. The van der Waals surface area contributed by atoms with E-state index in [-0.39, 0.29) is 23.9 Å². The molecule has 1 aliphatic heterocycles. The van der Waals surface area contributed by atoms with Crippen molar-refractivity contribution >= 4 is 29.5 Å². The summed E-state index contributed by atoms with van der Waals surface area (Å²) in [6.45, 7) is 1.61.